The Morgan fingerprint density at radius 2 is 2.13 bits per heavy atom. The summed E-state index contributed by atoms with van der Waals surface area (Å²) in [5.41, 5.74) is 5.17. The molecule has 0 spiro atoms. The number of nitrogens with two attached hydrogens (primary N) is 1. The minimum Gasteiger partial charge on any atom is -0.494 e. The van der Waals surface area contributed by atoms with Crippen molar-refractivity contribution >= 4 is 5.91 Å². The number of ether oxygens (including phenoxy) is 1. The molecule has 82 valence electrons. The minimum absolute atomic E-state index is 0.325. The van der Waals surface area contributed by atoms with Crippen molar-refractivity contribution < 1.29 is 9.53 Å². The van der Waals surface area contributed by atoms with Crippen molar-refractivity contribution in [3.63, 3.8) is 0 Å². The number of carbonyl (C=O) groups excluding carboxylic acids is 1. The van der Waals surface area contributed by atoms with Crippen molar-refractivity contribution in [2.75, 3.05) is 13.7 Å². The summed E-state index contributed by atoms with van der Waals surface area (Å²) in [6.07, 6.45) is 0.570. The van der Waals surface area contributed by atoms with E-state index in [1.807, 2.05) is 30.3 Å². The van der Waals surface area contributed by atoms with Gasteiger partial charge in [-0.2, -0.15) is 0 Å². The largest absolute Gasteiger partial charge is 0.494 e. The molecule has 0 bridgehead atoms. The molecule has 0 fully saturated rings. The maximum Gasteiger partial charge on any atom is 0.234 e. The van der Waals surface area contributed by atoms with Crippen LogP contribution >= 0.6 is 0 Å². The van der Waals surface area contributed by atoms with Crippen LogP contribution < -0.4 is 15.8 Å². The number of carbonyl (C=O) groups is 1. The first kappa shape index (κ1) is 11.5. The van der Waals surface area contributed by atoms with Gasteiger partial charge in [-0.05, 0) is 19.2 Å². The van der Waals surface area contributed by atoms with E-state index in [1.165, 1.54) is 0 Å². The highest BCUT2D eigenvalue weighted by Crippen LogP contribution is 2.08. The Morgan fingerprint density at radius 1 is 1.47 bits per heavy atom. The van der Waals surface area contributed by atoms with E-state index in [0.717, 1.165) is 5.75 Å². The molecule has 4 nitrogen and oxygen atoms in total. The summed E-state index contributed by atoms with van der Waals surface area (Å²) < 4.78 is 5.44. The van der Waals surface area contributed by atoms with Gasteiger partial charge in [0.1, 0.15) is 5.75 Å². The Balaban J connectivity index is 2.30. The van der Waals surface area contributed by atoms with Gasteiger partial charge < -0.3 is 15.8 Å². The molecule has 0 saturated heterocycles. The summed E-state index contributed by atoms with van der Waals surface area (Å²) in [7, 11) is 1.71. The summed E-state index contributed by atoms with van der Waals surface area (Å²) in [6, 6.07) is 9.15. The fraction of sp³-hybridized carbons (Fsp3) is 0.364. The van der Waals surface area contributed by atoms with E-state index >= 15 is 0 Å². The van der Waals surface area contributed by atoms with Crippen LogP contribution in [0.4, 0.5) is 0 Å². The molecule has 1 amide bonds. The molecule has 0 aliphatic heterocycles. The second-order valence-corrected chi connectivity index (χ2v) is 3.19. The lowest BCUT2D eigenvalue weighted by molar-refractivity contribution is -0.120. The molecule has 0 saturated carbocycles. The predicted molar refractivity (Wildman–Crippen MR) is 58.6 cm³/mol. The van der Waals surface area contributed by atoms with Gasteiger partial charge in [0.15, 0.2) is 0 Å². The lowest BCUT2D eigenvalue weighted by Crippen LogP contribution is -2.40. The van der Waals surface area contributed by atoms with Gasteiger partial charge in [-0.25, -0.2) is 0 Å². The van der Waals surface area contributed by atoms with Gasteiger partial charge in [-0.3, -0.25) is 4.79 Å². The van der Waals surface area contributed by atoms with E-state index < -0.39 is 0 Å². The van der Waals surface area contributed by atoms with Crippen molar-refractivity contribution in [2.45, 2.75) is 12.5 Å². The number of nitrogens with one attached hydrogen (secondary N) is 1. The third-order valence-corrected chi connectivity index (χ3v) is 2.11. The Hall–Kier alpha value is -1.55. The molecule has 0 aliphatic carbocycles. The maximum absolute atomic E-state index is 10.9. The van der Waals surface area contributed by atoms with Gasteiger partial charge >= 0.3 is 0 Å². The highest BCUT2D eigenvalue weighted by atomic mass is 16.5. The highest BCUT2D eigenvalue weighted by Gasteiger charge is 2.11. The predicted octanol–water partition coefficient (Wildman–Crippen LogP) is 0.529. The molecule has 1 unspecified atom stereocenters. The van der Waals surface area contributed by atoms with Crippen molar-refractivity contribution in [2.24, 2.45) is 5.73 Å². The van der Waals surface area contributed by atoms with Crippen LogP contribution in [0.2, 0.25) is 0 Å². The summed E-state index contributed by atoms with van der Waals surface area (Å²) in [5, 5.41) is 2.83. The second-order valence-electron chi connectivity index (χ2n) is 3.19. The Labute approximate surface area is 89.4 Å². The lowest BCUT2D eigenvalue weighted by Gasteiger charge is -2.12. The molecule has 1 aromatic carbocycles. The summed E-state index contributed by atoms with van der Waals surface area (Å²) in [4.78, 5) is 10.9. The van der Waals surface area contributed by atoms with Crippen LogP contribution in [0.5, 0.6) is 5.75 Å². The third kappa shape index (κ3) is 3.99. The molecule has 1 rings (SSSR count). The molecule has 0 aromatic heterocycles. The molecular formula is C11H16N2O2. The van der Waals surface area contributed by atoms with Gasteiger partial charge in [0.05, 0.1) is 12.6 Å². The first-order valence-corrected chi connectivity index (χ1v) is 4.88. The normalized spacial score (nSPS) is 12.1. The summed E-state index contributed by atoms with van der Waals surface area (Å²) in [5.74, 6) is 0.450. The second kappa shape index (κ2) is 6.03. The zero-order valence-electron chi connectivity index (χ0n) is 8.77. The van der Waals surface area contributed by atoms with Crippen molar-refractivity contribution in [1.82, 2.24) is 5.32 Å². The zero-order valence-corrected chi connectivity index (χ0v) is 8.77. The van der Waals surface area contributed by atoms with Gasteiger partial charge in [0.25, 0.3) is 0 Å². The van der Waals surface area contributed by atoms with E-state index in [9.17, 15) is 4.79 Å². The maximum atomic E-state index is 10.9. The van der Waals surface area contributed by atoms with E-state index in [2.05, 4.69) is 5.32 Å². The first-order valence-electron chi connectivity index (χ1n) is 4.88. The minimum atomic E-state index is -0.353. The Bertz CT molecular complexity index is 301. The topological polar surface area (TPSA) is 64.3 Å². The molecule has 4 heteroatoms. The number of benzene rings is 1. The average molecular weight is 208 g/mol. The monoisotopic (exact) mass is 208 g/mol. The number of amides is 1. The number of likely N-dealkylation sites (N-methyl/N-ethyl adjacent to an activating group) is 1. The molecule has 3 N–H and O–H groups in total. The van der Waals surface area contributed by atoms with Crippen molar-refractivity contribution in [1.29, 1.82) is 0 Å². The fourth-order valence-corrected chi connectivity index (χ4v) is 1.24. The number of hydrogen-bond donors (Lipinski definition) is 2. The molecule has 0 radical (unpaired) electrons. The zero-order chi connectivity index (χ0) is 11.1. The van der Waals surface area contributed by atoms with Gasteiger partial charge in [-0.1, -0.05) is 18.2 Å². The molecule has 0 aliphatic rings. The molecule has 1 atom stereocenters. The highest BCUT2D eigenvalue weighted by molar-refractivity contribution is 5.79. The molecule has 15 heavy (non-hydrogen) atoms. The van der Waals surface area contributed by atoms with Crippen LogP contribution in [0.15, 0.2) is 30.3 Å². The van der Waals surface area contributed by atoms with Crippen LogP contribution in [0.1, 0.15) is 6.42 Å². The standard InChI is InChI=1S/C11H16N2O2/c1-13-10(11(12)14)7-8-15-9-5-3-2-4-6-9/h2-6,10,13H,7-8H2,1H3,(H2,12,14). The molecule has 1 aromatic rings. The Morgan fingerprint density at radius 3 is 2.67 bits per heavy atom. The average Bonchev–Trinajstić information content (AvgIpc) is 2.25. The summed E-state index contributed by atoms with van der Waals surface area (Å²) in [6.45, 7) is 0.471. The van der Waals surface area contributed by atoms with Gasteiger partial charge in [-0.15, -0.1) is 0 Å². The lowest BCUT2D eigenvalue weighted by atomic mass is 10.2. The van der Waals surface area contributed by atoms with Crippen LogP contribution in [0, 0.1) is 0 Å². The molecular weight excluding hydrogens is 192 g/mol. The summed E-state index contributed by atoms with van der Waals surface area (Å²) >= 11 is 0. The number of primary amides is 1. The van der Waals surface area contributed by atoms with Crippen molar-refractivity contribution in [3.05, 3.63) is 30.3 Å². The van der Waals surface area contributed by atoms with Crippen LogP contribution in [-0.2, 0) is 4.79 Å². The van der Waals surface area contributed by atoms with Crippen molar-refractivity contribution in [3.8, 4) is 5.75 Å². The number of hydrogen-bond acceptors (Lipinski definition) is 3. The van der Waals surface area contributed by atoms with Gasteiger partial charge in [0.2, 0.25) is 5.91 Å². The van der Waals surface area contributed by atoms with E-state index in [1.54, 1.807) is 7.05 Å². The van der Waals surface area contributed by atoms with E-state index in [0.29, 0.717) is 13.0 Å². The van der Waals surface area contributed by atoms with Crippen LogP contribution in [0.3, 0.4) is 0 Å². The SMILES string of the molecule is CNC(CCOc1ccccc1)C(N)=O. The third-order valence-electron chi connectivity index (χ3n) is 2.11. The van der Waals surface area contributed by atoms with E-state index in [-0.39, 0.29) is 11.9 Å². The molecule has 0 heterocycles. The number of para-hydroxylation sites is 1. The van der Waals surface area contributed by atoms with Crippen LogP contribution in [-0.4, -0.2) is 25.6 Å². The fourth-order valence-electron chi connectivity index (χ4n) is 1.24. The number of rotatable bonds is 6. The Kier molecular flexibility index (Phi) is 4.63. The van der Waals surface area contributed by atoms with Gasteiger partial charge in [0, 0.05) is 6.42 Å². The quantitative estimate of drug-likeness (QED) is 0.716. The first-order chi connectivity index (χ1) is 7.24. The smallest absolute Gasteiger partial charge is 0.234 e. The van der Waals surface area contributed by atoms with Crippen LogP contribution in [0.25, 0.3) is 0 Å². The van der Waals surface area contributed by atoms with E-state index in [4.69, 9.17) is 10.5 Å².